The summed E-state index contributed by atoms with van der Waals surface area (Å²) >= 11 is 0. The van der Waals surface area contributed by atoms with E-state index in [1.807, 2.05) is 47.5 Å². The number of hydrogen-bond donors (Lipinski definition) is 0. The summed E-state index contributed by atoms with van der Waals surface area (Å²) in [6.07, 6.45) is 11.7. The summed E-state index contributed by atoms with van der Waals surface area (Å²) < 4.78 is 0. The zero-order chi connectivity index (χ0) is 9.26. The Hall–Kier alpha value is -1.51. The summed E-state index contributed by atoms with van der Waals surface area (Å²) in [6.45, 7) is 1.71. The van der Waals surface area contributed by atoms with Gasteiger partial charge in [-0.1, -0.05) is 18.1 Å². The highest BCUT2D eigenvalue weighted by Crippen LogP contribution is 2.17. The molecule has 2 aliphatic rings. The molecule has 13 heavy (non-hydrogen) atoms. The highest BCUT2D eigenvalue weighted by atomic mass is 16.1. The second-order valence-electron chi connectivity index (χ2n) is 3.14. The van der Waals surface area contributed by atoms with Gasteiger partial charge in [0.25, 0.3) is 0 Å². The van der Waals surface area contributed by atoms with Gasteiger partial charge < -0.3 is 4.81 Å². The Morgan fingerprint density at radius 1 is 1.31 bits per heavy atom. The normalized spacial score (nSPS) is 18.7. The van der Waals surface area contributed by atoms with Gasteiger partial charge in [-0.25, -0.2) is 0 Å². The van der Waals surface area contributed by atoms with Gasteiger partial charge in [0.1, 0.15) is 5.78 Å². The number of allylic oxidation sites excluding steroid dienone is 5. The fourth-order valence-electron chi connectivity index (χ4n) is 1.59. The molecule has 0 fully saturated rings. The lowest BCUT2D eigenvalue weighted by Crippen LogP contribution is -2.37. The van der Waals surface area contributed by atoms with E-state index < -0.39 is 0 Å². The topological polar surface area (TPSA) is 20.3 Å². The predicted molar refractivity (Wildman–Crippen MR) is 53.8 cm³/mol. The van der Waals surface area contributed by atoms with Gasteiger partial charge in [-0.2, -0.15) is 0 Å². The fourth-order valence-corrected chi connectivity index (χ4v) is 1.59. The second kappa shape index (κ2) is 3.09. The van der Waals surface area contributed by atoms with E-state index in [9.17, 15) is 4.79 Å². The maximum Gasteiger partial charge on any atom is 0.323 e. The Morgan fingerprint density at radius 2 is 2.08 bits per heavy atom. The molecular weight excluding hydrogens is 161 g/mol. The molecule has 64 valence electrons. The van der Waals surface area contributed by atoms with E-state index in [0.29, 0.717) is 0 Å². The summed E-state index contributed by atoms with van der Waals surface area (Å²) in [6, 6.07) is 0. The average Bonchev–Trinajstić information content (AvgIpc) is 2.17. The van der Waals surface area contributed by atoms with Gasteiger partial charge in [0, 0.05) is 0 Å². The van der Waals surface area contributed by atoms with E-state index >= 15 is 0 Å². The van der Waals surface area contributed by atoms with Gasteiger partial charge in [-0.05, 0) is 36.9 Å². The summed E-state index contributed by atoms with van der Waals surface area (Å²) in [4.78, 5) is 13.3. The monoisotopic (exact) mass is 171 g/mol. The molecule has 2 nitrogen and oxygen atoms in total. The molecule has 0 atom stereocenters. The van der Waals surface area contributed by atoms with Crippen LogP contribution in [0.15, 0.2) is 48.2 Å². The highest BCUT2D eigenvalue weighted by Gasteiger charge is 2.27. The number of Topliss-reactive ketones (excluding diaryl/α,β-unsaturated/α-hetero) is 1. The van der Waals surface area contributed by atoms with Gasteiger partial charge >= 0.3 is 6.85 Å². The van der Waals surface area contributed by atoms with Crippen molar-refractivity contribution < 1.29 is 4.79 Å². The van der Waals surface area contributed by atoms with Gasteiger partial charge in [-0.3, -0.25) is 4.79 Å². The predicted octanol–water partition coefficient (Wildman–Crippen LogP) is 1.48. The molecule has 0 amide bonds. The summed E-state index contributed by atoms with van der Waals surface area (Å²) in [5.41, 5.74) is 0.850. The van der Waals surface area contributed by atoms with Gasteiger partial charge in [0.2, 0.25) is 0 Å². The van der Waals surface area contributed by atoms with Crippen molar-refractivity contribution in [3.05, 3.63) is 48.2 Å². The summed E-state index contributed by atoms with van der Waals surface area (Å²) in [5.74, 6) is 2.16. The van der Waals surface area contributed by atoms with Crippen LogP contribution in [0.4, 0.5) is 0 Å². The fraction of sp³-hybridized carbons (Fsp3) is 0.100. The minimum atomic E-state index is 0.104. The maximum atomic E-state index is 11.3. The standard InChI is InChI=1S/C10H10BNO/c1-9(13)10-5-4-8-12-7-3-2-6-11(10)12/h2-8H,1H3. The van der Waals surface area contributed by atoms with Crippen molar-refractivity contribution in [1.82, 2.24) is 4.81 Å². The van der Waals surface area contributed by atoms with Crippen LogP contribution in [0.2, 0.25) is 0 Å². The van der Waals surface area contributed by atoms with Crippen LogP contribution in [0.5, 0.6) is 0 Å². The van der Waals surface area contributed by atoms with Crippen LogP contribution in [0.3, 0.4) is 0 Å². The van der Waals surface area contributed by atoms with E-state index in [4.69, 9.17) is 0 Å². The molecule has 0 spiro atoms. The molecule has 2 aliphatic heterocycles. The summed E-state index contributed by atoms with van der Waals surface area (Å²) in [7, 11) is 0. The SMILES string of the molecule is CC(=O)C1=CC=CN2C=CC=CB12. The minimum absolute atomic E-state index is 0.104. The largest absolute Gasteiger partial charge is 0.389 e. The number of nitrogens with zero attached hydrogens (tertiary/aromatic N) is 1. The van der Waals surface area contributed by atoms with Crippen LogP contribution < -0.4 is 0 Å². The zero-order valence-electron chi connectivity index (χ0n) is 7.47. The van der Waals surface area contributed by atoms with E-state index in [2.05, 4.69) is 0 Å². The van der Waals surface area contributed by atoms with Crippen molar-refractivity contribution in [1.29, 1.82) is 0 Å². The molecule has 0 aromatic rings. The Labute approximate surface area is 78.0 Å². The Bertz CT molecular complexity index is 352. The summed E-state index contributed by atoms with van der Waals surface area (Å²) in [5, 5.41) is 0. The lowest BCUT2D eigenvalue weighted by Gasteiger charge is -2.27. The van der Waals surface area contributed by atoms with Crippen LogP contribution in [-0.4, -0.2) is 17.4 Å². The van der Waals surface area contributed by atoms with Crippen molar-refractivity contribution in [2.24, 2.45) is 0 Å². The molecule has 0 aromatic heterocycles. The van der Waals surface area contributed by atoms with E-state index in [1.165, 1.54) is 0 Å². The molecule has 2 rings (SSSR count). The Kier molecular flexibility index (Phi) is 1.93. The first-order valence-corrected chi connectivity index (χ1v) is 4.31. The number of carbonyl (C=O) groups is 1. The molecule has 2 heterocycles. The molecule has 0 saturated heterocycles. The molecule has 0 N–H and O–H groups in total. The van der Waals surface area contributed by atoms with E-state index in [-0.39, 0.29) is 12.6 Å². The van der Waals surface area contributed by atoms with Crippen LogP contribution in [-0.2, 0) is 4.79 Å². The van der Waals surface area contributed by atoms with Gasteiger partial charge in [0.15, 0.2) is 0 Å². The van der Waals surface area contributed by atoms with Crippen LogP contribution in [0, 0.1) is 0 Å². The number of fused-ring (bicyclic) bond motifs is 1. The molecule has 0 aromatic carbocycles. The molecular formula is C10H10BNO. The van der Waals surface area contributed by atoms with Crippen LogP contribution in [0.1, 0.15) is 6.92 Å². The third-order valence-corrected chi connectivity index (χ3v) is 2.24. The quantitative estimate of drug-likeness (QED) is 0.557. The lowest BCUT2D eigenvalue weighted by atomic mass is 9.51. The smallest absolute Gasteiger partial charge is 0.323 e. The van der Waals surface area contributed by atoms with E-state index in [0.717, 1.165) is 5.47 Å². The van der Waals surface area contributed by atoms with Crippen LogP contribution >= 0.6 is 0 Å². The highest BCUT2D eigenvalue weighted by molar-refractivity contribution is 6.75. The van der Waals surface area contributed by atoms with Crippen LogP contribution in [0.25, 0.3) is 0 Å². The van der Waals surface area contributed by atoms with Crippen molar-refractivity contribution in [2.75, 3.05) is 0 Å². The van der Waals surface area contributed by atoms with Gasteiger partial charge in [-0.15, -0.1) is 0 Å². The molecule has 0 bridgehead atoms. The third-order valence-electron chi connectivity index (χ3n) is 2.24. The minimum Gasteiger partial charge on any atom is -0.389 e. The number of hydrogen-bond acceptors (Lipinski definition) is 2. The number of rotatable bonds is 1. The first kappa shape index (κ1) is 8.11. The molecule has 0 unspecified atom stereocenters. The van der Waals surface area contributed by atoms with Crippen molar-refractivity contribution in [2.45, 2.75) is 6.92 Å². The first-order valence-electron chi connectivity index (χ1n) is 4.31. The number of carbonyl (C=O) groups excluding carboxylic acids is 1. The first-order chi connectivity index (χ1) is 6.29. The molecule has 0 aliphatic carbocycles. The average molecular weight is 171 g/mol. The van der Waals surface area contributed by atoms with Crippen molar-refractivity contribution in [3.63, 3.8) is 0 Å². The lowest BCUT2D eigenvalue weighted by molar-refractivity contribution is -0.113. The van der Waals surface area contributed by atoms with E-state index in [1.54, 1.807) is 6.92 Å². The van der Waals surface area contributed by atoms with Crippen molar-refractivity contribution >= 4 is 12.6 Å². The Balaban J connectivity index is 2.35. The van der Waals surface area contributed by atoms with Crippen molar-refractivity contribution in [3.8, 4) is 0 Å². The second-order valence-corrected chi connectivity index (χ2v) is 3.14. The number of ketones is 1. The van der Waals surface area contributed by atoms with Gasteiger partial charge in [0.05, 0.1) is 0 Å². The Morgan fingerprint density at radius 3 is 2.85 bits per heavy atom. The third kappa shape index (κ3) is 1.37. The molecule has 3 heteroatoms. The molecule has 0 saturated carbocycles. The zero-order valence-corrected chi connectivity index (χ0v) is 7.47. The maximum absolute atomic E-state index is 11.3. The molecule has 0 radical (unpaired) electrons.